The van der Waals surface area contributed by atoms with Gasteiger partial charge in [-0.15, -0.1) is 0 Å². The van der Waals surface area contributed by atoms with E-state index >= 15 is 0 Å². The van der Waals surface area contributed by atoms with E-state index in [-0.39, 0.29) is 7.69 Å². The van der Waals surface area contributed by atoms with E-state index in [1.807, 2.05) is 0 Å². The van der Waals surface area contributed by atoms with E-state index in [1.54, 1.807) is 0 Å². The Balaban J connectivity index is 2.68. The van der Waals surface area contributed by atoms with Gasteiger partial charge in [0.1, 0.15) is 0 Å². The number of rotatable bonds is 4. The van der Waals surface area contributed by atoms with Gasteiger partial charge in [0.15, 0.2) is 0 Å². The van der Waals surface area contributed by atoms with Gasteiger partial charge in [0.05, 0.1) is 12.5 Å². The van der Waals surface area contributed by atoms with E-state index in [2.05, 4.69) is 22.5 Å². The molecule has 0 saturated heterocycles. The standard InChI is InChI=1S/C4H7BO2/c1-3-6-5-7-4-2/h3-5H,1-2H2. The van der Waals surface area contributed by atoms with Crippen LogP contribution in [0.1, 0.15) is 0 Å². The molecular formula is C4H7BO2. The molecule has 0 amide bonds. The molecule has 0 fully saturated rings. The summed E-state index contributed by atoms with van der Waals surface area (Å²) in [5, 5.41) is 0. The fourth-order valence-corrected chi connectivity index (χ4v) is 0.136. The molecule has 0 saturated carbocycles. The summed E-state index contributed by atoms with van der Waals surface area (Å²) in [6, 6.07) is 0. The lowest BCUT2D eigenvalue weighted by molar-refractivity contribution is 0.378. The third-order valence-corrected chi connectivity index (χ3v) is 0.372. The van der Waals surface area contributed by atoms with E-state index < -0.39 is 0 Å². The van der Waals surface area contributed by atoms with Crippen molar-refractivity contribution in [2.45, 2.75) is 0 Å². The van der Waals surface area contributed by atoms with Crippen LogP contribution in [0.25, 0.3) is 0 Å². The quantitative estimate of drug-likeness (QED) is 0.290. The summed E-state index contributed by atoms with van der Waals surface area (Å²) in [6.45, 7) is 6.59. The highest BCUT2D eigenvalue weighted by Crippen LogP contribution is 1.71. The molecule has 0 aromatic carbocycles. The molecule has 7 heavy (non-hydrogen) atoms. The van der Waals surface area contributed by atoms with Crippen LogP contribution in [-0.2, 0) is 9.31 Å². The molecule has 0 rings (SSSR count). The summed E-state index contributed by atoms with van der Waals surface area (Å²) >= 11 is 0. The van der Waals surface area contributed by atoms with Crippen LogP contribution in [0.15, 0.2) is 25.7 Å². The summed E-state index contributed by atoms with van der Waals surface area (Å²) < 4.78 is 9.09. The van der Waals surface area contributed by atoms with Gasteiger partial charge in [-0.25, -0.2) is 0 Å². The molecule has 0 aromatic heterocycles. The first-order valence-corrected chi connectivity index (χ1v) is 1.87. The first-order valence-electron chi connectivity index (χ1n) is 1.87. The summed E-state index contributed by atoms with van der Waals surface area (Å²) in [4.78, 5) is 0. The van der Waals surface area contributed by atoms with Gasteiger partial charge in [-0.05, 0) is 0 Å². The number of hydrogen-bond donors (Lipinski definition) is 0. The number of hydrogen-bond acceptors (Lipinski definition) is 2. The average Bonchev–Trinajstić information content (AvgIpc) is 1.69. The van der Waals surface area contributed by atoms with Gasteiger partial charge < -0.3 is 9.31 Å². The monoisotopic (exact) mass is 98.1 g/mol. The van der Waals surface area contributed by atoms with E-state index in [4.69, 9.17) is 0 Å². The smallest absolute Gasteiger partial charge is 0.535 e. The van der Waals surface area contributed by atoms with Crippen molar-refractivity contribution in [1.82, 2.24) is 0 Å². The van der Waals surface area contributed by atoms with Crippen LogP contribution >= 0.6 is 0 Å². The minimum atomic E-state index is 0.201. The molecule has 0 aliphatic heterocycles. The van der Waals surface area contributed by atoms with E-state index in [0.29, 0.717) is 0 Å². The second-order valence-electron chi connectivity index (χ2n) is 0.785. The van der Waals surface area contributed by atoms with E-state index in [0.717, 1.165) is 0 Å². The average molecular weight is 97.9 g/mol. The molecule has 0 radical (unpaired) electrons. The molecular weight excluding hydrogens is 90.9 g/mol. The lowest BCUT2D eigenvalue weighted by Gasteiger charge is -1.92. The van der Waals surface area contributed by atoms with Crippen LogP contribution in [0.2, 0.25) is 0 Å². The van der Waals surface area contributed by atoms with Gasteiger partial charge in [0.25, 0.3) is 0 Å². The predicted molar refractivity (Wildman–Crippen MR) is 29.7 cm³/mol. The van der Waals surface area contributed by atoms with Crippen LogP contribution in [-0.4, -0.2) is 7.69 Å². The molecule has 2 nitrogen and oxygen atoms in total. The van der Waals surface area contributed by atoms with Crippen molar-refractivity contribution in [1.29, 1.82) is 0 Å². The van der Waals surface area contributed by atoms with Crippen molar-refractivity contribution in [3.63, 3.8) is 0 Å². The van der Waals surface area contributed by atoms with Crippen LogP contribution < -0.4 is 0 Å². The van der Waals surface area contributed by atoms with Gasteiger partial charge in [0, 0.05) is 0 Å². The Morgan fingerprint density at radius 2 is 1.57 bits per heavy atom. The minimum Gasteiger partial charge on any atom is -0.535 e. The van der Waals surface area contributed by atoms with Crippen LogP contribution in [0.3, 0.4) is 0 Å². The molecule has 0 unspecified atom stereocenters. The summed E-state index contributed by atoms with van der Waals surface area (Å²) in [5.74, 6) is 0. The maximum absolute atomic E-state index is 4.54. The van der Waals surface area contributed by atoms with Crippen molar-refractivity contribution in [2.24, 2.45) is 0 Å². The molecule has 0 N–H and O–H groups in total. The maximum atomic E-state index is 4.54. The van der Waals surface area contributed by atoms with Crippen LogP contribution in [0.5, 0.6) is 0 Å². The Kier molecular flexibility index (Phi) is 4.52. The zero-order valence-electron chi connectivity index (χ0n) is 4.09. The fraction of sp³-hybridized carbons (Fsp3) is 0. The zero-order chi connectivity index (χ0) is 5.54. The molecule has 0 spiro atoms. The Morgan fingerprint density at radius 1 is 1.14 bits per heavy atom. The highest BCUT2D eigenvalue weighted by molar-refractivity contribution is 6.18. The third kappa shape index (κ3) is 5.14. The highest BCUT2D eigenvalue weighted by Gasteiger charge is 1.79. The first kappa shape index (κ1) is 6.14. The molecule has 3 heteroatoms. The maximum Gasteiger partial charge on any atom is 0.575 e. The Morgan fingerprint density at radius 3 is 1.86 bits per heavy atom. The molecule has 0 bridgehead atoms. The molecule has 0 aliphatic rings. The first-order chi connectivity index (χ1) is 3.41. The van der Waals surface area contributed by atoms with Crippen LogP contribution in [0, 0.1) is 0 Å². The van der Waals surface area contributed by atoms with Gasteiger partial charge in [0.2, 0.25) is 0 Å². The SMILES string of the molecule is C=COBOC=C. The van der Waals surface area contributed by atoms with Crippen molar-refractivity contribution < 1.29 is 9.31 Å². The summed E-state index contributed by atoms with van der Waals surface area (Å²) in [6.07, 6.45) is 2.62. The molecule has 0 aliphatic carbocycles. The molecule has 0 aromatic rings. The Bertz CT molecular complexity index is 54.7. The van der Waals surface area contributed by atoms with Crippen molar-refractivity contribution in [2.75, 3.05) is 0 Å². The largest absolute Gasteiger partial charge is 0.575 e. The van der Waals surface area contributed by atoms with Crippen molar-refractivity contribution in [3.8, 4) is 0 Å². The second kappa shape index (κ2) is 5.14. The highest BCUT2D eigenvalue weighted by atomic mass is 16.6. The lowest BCUT2D eigenvalue weighted by atomic mass is 10.4. The molecule has 0 heterocycles. The predicted octanol–water partition coefficient (Wildman–Crippen LogP) is 0.573. The van der Waals surface area contributed by atoms with E-state index in [9.17, 15) is 0 Å². The van der Waals surface area contributed by atoms with Crippen molar-refractivity contribution in [3.05, 3.63) is 25.7 Å². The second-order valence-corrected chi connectivity index (χ2v) is 0.785. The topological polar surface area (TPSA) is 18.5 Å². The van der Waals surface area contributed by atoms with Gasteiger partial charge in [-0.3, -0.25) is 0 Å². The normalized spacial score (nSPS) is 6.29. The van der Waals surface area contributed by atoms with E-state index in [1.165, 1.54) is 12.5 Å². The Labute approximate surface area is 43.7 Å². The molecule has 38 valence electrons. The Hall–Kier alpha value is -0.855. The van der Waals surface area contributed by atoms with Gasteiger partial charge >= 0.3 is 7.69 Å². The van der Waals surface area contributed by atoms with Crippen molar-refractivity contribution >= 4 is 7.69 Å². The third-order valence-electron chi connectivity index (χ3n) is 0.372. The zero-order valence-corrected chi connectivity index (χ0v) is 4.09. The van der Waals surface area contributed by atoms with Gasteiger partial charge in [-0.1, -0.05) is 13.2 Å². The van der Waals surface area contributed by atoms with Crippen LogP contribution in [0.4, 0.5) is 0 Å². The molecule has 0 atom stereocenters. The lowest BCUT2D eigenvalue weighted by Crippen LogP contribution is -1.92. The summed E-state index contributed by atoms with van der Waals surface area (Å²) in [5.41, 5.74) is 0. The summed E-state index contributed by atoms with van der Waals surface area (Å²) in [7, 11) is 0.201. The van der Waals surface area contributed by atoms with Gasteiger partial charge in [-0.2, -0.15) is 0 Å². The minimum absolute atomic E-state index is 0.201. The fourth-order valence-electron chi connectivity index (χ4n) is 0.136.